The molecule has 1 atom stereocenters. The van der Waals surface area contributed by atoms with Gasteiger partial charge in [-0.05, 0) is 18.6 Å². The van der Waals surface area contributed by atoms with Gasteiger partial charge in [0, 0.05) is 11.5 Å². The molecule has 0 fully saturated rings. The van der Waals surface area contributed by atoms with Crippen molar-refractivity contribution in [2.75, 3.05) is 0 Å². The third-order valence-electron chi connectivity index (χ3n) is 2.72. The van der Waals surface area contributed by atoms with Gasteiger partial charge in [-0.2, -0.15) is 5.10 Å². The van der Waals surface area contributed by atoms with Crippen molar-refractivity contribution in [3.63, 3.8) is 0 Å². The van der Waals surface area contributed by atoms with Crippen molar-refractivity contribution < 1.29 is 0 Å². The third-order valence-corrected chi connectivity index (χ3v) is 3.73. The van der Waals surface area contributed by atoms with Gasteiger partial charge in [-0.15, -0.1) is 0 Å². The van der Waals surface area contributed by atoms with Crippen LogP contribution in [0.5, 0.6) is 0 Å². The molecule has 2 rings (SSSR count). The average Bonchev–Trinajstić information content (AvgIpc) is 2.61. The van der Waals surface area contributed by atoms with Crippen LogP contribution in [0.15, 0.2) is 28.9 Å². The Morgan fingerprint density at radius 1 is 1.47 bits per heavy atom. The molecule has 0 saturated carbocycles. The fourth-order valence-electron chi connectivity index (χ4n) is 1.82. The molecule has 3 nitrogen and oxygen atoms in total. The predicted molar refractivity (Wildman–Crippen MR) is 73.1 cm³/mol. The second kappa shape index (κ2) is 4.80. The average molecular weight is 315 g/mol. The number of nitrogens with two attached hydrogens (primary N) is 1. The lowest BCUT2D eigenvalue weighted by Crippen LogP contribution is -2.17. The Kier molecular flexibility index (Phi) is 3.56. The van der Waals surface area contributed by atoms with Crippen molar-refractivity contribution in [2.24, 2.45) is 12.8 Å². The summed E-state index contributed by atoms with van der Waals surface area (Å²) in [7, 11) is 1.84. The highest BCUT2D eigenvalue weighted by atomic mass is 79.9. The van der Waals surface area contributed by atoms with Gasteiger partial charge in [0.05, 0.1) is 23.0 Å². The van der Waals surface area contributed by atoms with Crippen LogP contribution in [0.25, 0.3) is 0 Å². The van der Waals surface area contributed by atoms with E-state index in [0.717, 1.165) is 21.3 Å². The van der Waals surface area contributed by atoms with Gasteiger partial charge in [-0.3, -0.25) is 4.68 Å². The van der Waals surface area contributed by atoms with Crippen LogP contribution in [-0.4, -0.2) is 9.78 Å². The maximum atomic E-state index is 6.26. The van der Waals surface area contributed by atoms with Gasteiger partial charge < -0.3 is 5.73 Å². The quantitative estimate of drug-likeness (QED) is 0.925. The van der Waals surface area contributed by atoms with Crippen molar-refractivity contribution in [1.29, 1.82) is 0 Å². The minimum absolute atomic E-state index is 0.288. The first-order valence-corrected chi connectivity index (χ1v) is 6.37. The van der Waals surface area contributed by atoms with Gasteiger partial charge in [0.15, 0.2) is 0 Å². The van der Waals surface area contributed by atoms with Gasteiger partial charge in [-0.1, -0.05) is 45.2 Å². The van der Waals surface area contributed by atoms with E-state index in [1.807, 2.05) is 26.1 Å². The van der Waals surface area contributed by atoms with Crippen molar-refractivity contribution in [3.8, 4) is 0 Å². The lowest BCUT2D eigenvalue weighted by Gasteiger charge is -2.15. The second-order valence-corrected chi connectivity index (χ2v) is 5.27. The molecule has 2 N–H and O–H groups in total. The Morgan fingerprint density at radius 3 is 2.76 bits per heavy atom. The summed E-state index contributed by atoms with van der Waals surface area (Å²) in [6.45, 7) is 2.04. The van der Waals surface area contributed by atoms with Crippen LogP contribution in [0.3, 0.4) is 0 Å². The Hall–Kier alpha value is -0.840. The molecule has 1 heterocycles. The van der Waals surface area contributed by atoms with Crippen LogP contribution in [-0.2, 0) is 7.05 Å². The maximum absolute atomic E-state index is 6.26. The maximum Gasteiger partial charge on any atom is 0.0837 e. The Bertz CT molecular complexity index is 531. The van der Waals surface area contributed by atoms with Crippen molar-refractivity contribution >= 4 is 27.5 Å². The SMILES string of the molecule is Cc1ccc(Br)c(C(N)c2c(Cl)cnn2C)c1. The van der Waals surface area contributed by atoms with Gasteiger partial charge in [0.2, 0.25) is 0 Å². The fourth-order valence-corrected chi connectivity index (χ4v) is 2.60. The highest BCUT2D eigenvalue weighted by molar-refractivity contribution is 9.10. The first kappa shape index (κ1) is 12.6. The highest BCUT2D eigenvalue weighted by Crippen LogP contribution is 2.30. The molecule has 2 aromatic rings. The fraction of sp³-hybridized carbons (Fsp3) is 0.250. The van der Waals surface area contributed by atoms with Crippen LogP contribution in [0.2, 0.25) is 5.02 Å². The van der Waals surface area contributed by atoms with Gasteiger partial charge >= 0.3 is 0 Å². The van der Waals surface area contributed by atoms with E-state index < -0.39 is 0 Å². The Labute approximate surface area is 114 Å². The lowest BCUT2D eigenvalue weighted by molar-refractivity contribution is 0.672. The van der Waals surface area contributed by atoms with E-state index in [9.17, 15) is 0 Å². The lowest BCUT2D eigenvalue weighted by atomic mass is 10.0. The third kappa shape index (κ3) is 2.39. The van der Waals surface area contributed by atoms with E-state index in [1.54, 1.807) is 10.9 Å². The summed E-state index contributed by atoms with van der Waals surface area (Å²) in [6, 6.07) is 5.79. The molecule has 1 unspecified atom stereocenters. The van der Waals surface area contributed by atoms with Crippen LogP contribution in [0.4, 0.5) is 0 Å². The minimum atomic E-state index is -0.288. The number of hydrogen-bond acceptors (Lipinski definition) is 2. The highest BCUT2D eigenvalue weighted by Gasteiger charge is 2.19. The summed E-state index contributed by atoms with van der Waals surface area (Å²) in [4.78, 5) is 0. The van der Waals surface area contributed by atoms with Gasteiger partial charge in [-0.25, -0.2) is 0 Å². The summed E-state index contributed by atoms with van der Waals surface area (Å²) in [5, 5.41) is 4.70. The number of aromatic nitrogens is 2. The van der Waals surface area contributed by atoms with E-state index >= 15 is 0 Å². The van der Waals surface area contributed by atoms with E-state index in [4.69, 9.17) is 17.3 Å². The first-order chi connectivity index (χ1) is 8.00. The summed E-state index contributed by atoms with van der Waals surface area (Å²) in [5.74, 6) is 0. The molecule has 0 bridgehead atoms. The first-order valence-electron chi connectivity index (χ1n) is 5.19. The molecule has 5 heteroatoms. The molecule has 0 radical (unpaired) electrons. The normalized spacial score (nSPS) is 12.8. The molecule has 0 amide bonds. The Morgan fingerprint density at radius 2 is 2.18 bits per heavy atom. The standard InChI is InChI=1S/C12H13BrClN3/c1-7-3-4-9(13)8(5-7)11(15)12-10(14)6-16-17(12)2/h3-6,11H,15H2,1-2H3. The van der Waals surface area contributed by atoms with E-state index in [2.05, 4.69) is 27.1 Å². The van der Waals surface area contributed by atoms with E-state index in [-0.39, 0.29) is 6.04 Å². The number of rotatable bonds is 2. The van der Waals surface area contributed by atoms with Crippen LogP contribution >= 0.6 is 27.5 Å². The van der Waals surface area contributed by atoms with E-state index in [0.29, 0.717) is 5.02 Å². The monoisotopic (exact) mass is 313 g/mol. The molecule has 1 aromatic carbocycles. The number of benzene rings is 1. The van der Waals surface area contributed by atoms with Crippen molar-refractivity contribution in [1.82, 2.24) is 9.78 Å². The molecule has 0 aliphatic heterocycles. The predicted octanol–water partition coefficient (Wildman–Crippen LogP) is 3.19. The van der Waals surface area contributed by atoms with E-state index in [1.165, 1.54) is 0 Å². The summed E-state index contributed by atoms with van der Waals surface area (Å²) in [5.41, 5.74) is 9.25. The number of nitrogens with zero attached hydrogens (tertiary/aromatic N) is 2. The van der Waals surface area contributed by atoms with Crippen LogP contribution in [0, 0.1) is 6.92 Å². The molecule has 90 valence electrons. The topological polar surface area (TPSA) is 43.8 Å². The summed E-state index contributed by atoms with van der Waals surface area (Å²) >= 11 is 9.62. The zero-order chi connectivity index (χ0) is 12.6. The molecule has 0 saturated heterocycles. The number of halogens is 2. The zero-order valence-electron chi connectivity index (χ0n) is 9.61. The molecule has 17 heavy (non-hydrogen) atoms. The van der Waals surface area contributed by atoms with Gasteiger partial charge in [0.1, 0.15) is 0 Å². The molecule has 0 aliphatic rings. The Balaban J connectivity index is 2.50. The van der Waals surface area contributed by atoms with Gasteiger partial charge in [0.25, 0.3) is 0 Å². The molecular weight excluding hydrogens is 302 g/mol. The van der Waals surface area contributed by atoms with Crippen molar-refractivity contribution in [3.05, 3.63) is 50.7 Å². The minimum Gasteiger partial charge on any atom is -0.319 e. The molecule has 1 aromatic heterocycles. The summed E-state index contributed by atoms with van der Waals surface area (Å²) < 4.78 is 2.69. The largest absolute Gasteiger partial charge is 0.319 e. The van der Waals surface area contributed by atoms with Crippen LogP contribution in [0.1, 0.15) is 22.9 Å². The second-order valence-electron chi connectivity index (χ2n) is 4.00. The molecular formula is C12H13BrClN3. The number of aryl methyl sites for hydroxylation is 2. The zero-order valence-corrected chi connectivity index (χ0v) is 12.0. The van der Waals surface area contributed by atoms with Crippen LogP contribution < -0.4 is 5.73 Å². The smallest absolute Gasteiger partial charge is 0.0837 e. The molecule has 0 aliphatic carbocycles. The van der Waals surface area contributed by atoms with Crippen molar-refractivity contribution in [2.45, 2.75) is 13.0 Å². The molecule has 0 spiro atoms. The number of hydrogen-bond donors (Lipinski definition) is 1. The summed E-state index contributed by atoms with van der Waals surface area (Å²) in [6.07, 6.45) is 1.61.